The molecule has 0 aromatic rings. The van der Waals surface area contributed by atoms with Gasteiger partial charge in [0, 0.05) is 12.0 Å². The number of ether oxygens (including phenoxy) is 2. The number of hydrogen-bond donors (Lipinski definition) is 1. The summed E-state index contributed by atoms with van der Waals surface area (Å²) in [5.41, 5.74) is -0.156. The molecule has 0 rings (SSSR count). The molecule has 3 nitrogen and oxygen atoms in total. The molecular weight excluding hydrogens is 144 g/mol. The van der Waals surface area contributed by atoms with Crippen LogP contribution in [0.3, 0.4) is 0 Å². The lowest BCUT2D eigenvalue weighted by molar-refractivity contribution is -0.0806. The van der Waals surface area contributed by atoms with Crippen molar-refractivity contribution in [3.8, 4) is 0 Å². The second kappa shape index (κ2) is 5.52. The van der Waals surface area contributed by atoms with E-state index in [1.807, 2.05) is 20.8 Å². The predicted molar refractivity (Wildman–Crippen MR) is 43.3 cm³/mol. The van der Waals surface area contributed by atoms with Crippen LogP contribution >= 0.6 is 0 Å². The third-order valence-electron chi connectivity index (χ3n) is 1.29. The molecule has 0 heterocycles. The molecule has 0 aromatic heterocycles. The molecule has 0 aliphatic heterocycles. The van der Waals surface area contributed by atoms with Crippen LogP contribution in [0.4, 0.5) is 0 Å². The van der Waals surface area contributed by atoms with E-state index in [1.54, 1.807) is 0 Å². The maximum atomic E-state index is 8.83. The Labute approximate surface area is 68.3 Å². The smallest absolute Gasteiger partial charge is 0.146 e. The van der Waals surface area contributed by atoms with Crippen molar-refractivity contribution in [2.75, 3.05) is 26.6 Å². The monoisotopic (exact) mass is 162 g/mol. The lowest BCUT2D eigenvalue weighted by Crippen LogP contribution is -2.24. The van der Waals surface area contributed by atoms with Gasteiger partial charge in [-0.05, 0) is 6.92 Å². The lowest BCUT2D eigenvalue weighted by atomic mass is 9.97. The minimum absolute atomic E-state index is 0.138. The molecule has 0 fully saturated rings. The van der Waals surface area contributed by atoms with Gasteiger partial charge in [0.2, 0.25) is 0 Å². The molecule has 0 radical (unpaired) electrons. The maximum Gasteiger partial charge on any atom is 0.146 e. The van der Waals surface area contributed by atoms with Crippen molar-refractivity contribution in [3.63, 3.8) is 0 Å². The standard InChI is InChI=1S/C8H18O3/c1-4-10-7-11-6-8(2,3)5-9/h9H,4-7H2,1-3H3. The number of aliphatic hydroxyl groups excluding tert-OH is 1. The molecule has 0 spiro atoms. The van der Waals surface area contributed by atoms with E-state index >= 15 is 0 Å². The summed E-state index contributed by atoms with van der Waals surface area (Å²) in [5.74, 6) is 0. The highest BCUT2D eigenvalue weighted by molar-refractivity contribution is 4.64. The number of hydrogen-bond acceptors (Lipinski definition) is 3. The fourth-order valence-electron chi connectivity index (χ4n) is 0.506. The zero-order valence-electron chi connectivity index (χ0n) is 7.59. The largest absolute Gasteiger partial charge is 0.396 e. The summed E-state index contributed by atoms with van der Waals surface area (Å²) < 4.78 is 10.1. The van der Waals surface area contributed by atoms with Crippen LogP contribution in [0.2, 0.25) is 0 Å². The van der Waals surface area contributed by atoms with E-state index in [-0.39, 0.29) is 12.0 Å². The van der Waals surface area contributed by atoms with Gasteiger partial charge in [0.1, 0.15) is 6.79 Å². The van der Waals surface area contributed by atoms with E-state index < -0.39 is 0 Å². The van der Waals surface area contributed by atoms with Crippen LogP contribution in [-0.4, -0.2) is 31.7 Å². The van der Waals surface area contributed by atoms with Gasteiger partial charge in [-0.15, -0.1) is 0 Å². The van der Waals surface area contributed by atoms with Gasteiger partial charge in [0.05, 0.1) is 13.2 Å². The Balaban J connectivity index is 3.23. The van der Waals surface area contributed by atoms with Gasteiger partial charge in [0.25, 0.3) is 0 Å². The van der Waals surface area contributed by atoms with E-state index in [9.17, 15) is 0 Å². The minimum Gasteiger partial charge on any atom is -0.396 e. The zero-order valence-corrected chi connectivity index (χ0v) is 7.59. The molecule has 68 valence electrons. The second-order valence-corrected chi connectivity index (χ2v) is 3.28. The first-order valence-electron chi connectivity index (χ1n) is 3.89. The van der Waals surface area contributed by atoms with Gasteiger partial charge in [-0.25, -0.2) is 0 Å². The first-order chi connectivity index (χ1) is 5.12. The van der Waals surface area contributed by atoms with E-state index in [0.29, 0.717) is 20.0 Å². The minimum atomic E-state index is -0.156. The van der Waals surface area contributed by atoms with Crippen molar-refractivity contribution in [1.82, 2.24) is 0 Å². The SMILES string of the molecule is CCOCOCC(C)(C)CO. The third-order valence-corrected chi connectivity index (χ3v) is 1.29. The van der Waals surface area contributed by atoms with Crippen LogP contribution in [-0.2, 0) is 9.47 Å². The van der Waals surface area contributed by atoms with Gasteiger partial charge in [-0.3, -0.25) is 0 Å². The molecule has 0 saturated heterocycles. The summed E-state index contributed by atoms with van der Waals surface area (Å²) in [7, 11) is 0. The normalized spacial score (nSPS) is 12.0. The van der Waals surface area contributed by atoms with Gasteiger partial charge < -0.3 is 14.6 Å². The molecule has 0 aliphatic carbocycles. The topological polar surface area (TPSA) is 38.7 Å². The van der Waals surface area contributed by atoms with E-state index in [1.165, 1.54) is 0 Å². The van der Waals surface area contributed by atoms with Gasteiger partial charge >= 0.3 is 0 Å². The van der Waals surface area contributed by atoms with Crippen LogP contribution in [0.5, 0.6) is 0 Å². The van der Waals surface area contributed by atoms with Gasteiger partial charge in [0.15, 0.2) is 0 Å². The van der Waals surface area contributed by atoms with Crippen molar-refractivity contribution in [2.24, 2.45) is 5.41 Å². The van der Waals surface area contributed by atoms with Crippen molar-refractivity contribution in [3.05, 3.63) is 0 Å². The average Bonchev–Trinajstić information content (AvgIpc) is 1.99. The van der Waals surface area contributed by atoms with Crippen LogP contribution in [0.15, 0.2) is 0 Å². The van der Waals surface area contributed by atoms with Crippen molar-refractivity contribution in [1.29, 1.82) is 0 Å². The Morgan fingerprint density at radius 2 is 1.91 bits per heavy atom. The van der Waals surface area contributed by atoms with Crippen LogP contribution in [0.25, 0.3) is 0 Å². The molecule has 1 N–H and O–H groups in total. The van der Waals surface area contributed by atoms with Crippen molar-refractivity contribution in [2.45, 2.75) is 20.8 Å². The average molecular weight is 162 g/mol. The quantitative estimate of drug-likeness (QED) is 0.468. The molecule has 0 aliphatic rings. The predicted octanol–water partition coefficient (Wildman–Crippen LogP) is 1.02. The highest BCUT2D eigenvalue weighted by atomic mass is 16.7. The highest BCUT2D eigenvalue weighted by Crippen LogP contribution is 2.13. The molecule has 0 bridgehead atoms. The second-order valence-electron chi connectivity index (χ2n) is 3.28. The summed E-state index contributed by atoms with van der Waals surface area (Å²) in [6.07, 6.45) is 0. The summed E-state index contributed by atoms with van der Waals surface area (Å²) in [6, 6.07) is 0. The third kappa shape index (κ3) is 6.28. The van der Waals surface area contributed by atoms with Crippen LogP contribution < -0.4 is 0 Å². The Kier molecular flexibility index (Phi) is 5.46. The summed E-state index contributed by atoms with van der Waals surface area (Å²) in [5, 5.41) is 8.83. The van der Waals surface area contributed by atoms with E-state index in [4.69, 9.17) is 14.6 Å². The highest BCUT2D eigenvalue weighted by Gasteiger charge is 2.15. The molecule has 3 heteroatoms. The van der Waals surface area contributed by atoms with Crippen molar-refractivity contribution < 1.29 is 14.6 Å². The Morgan fingerprint density at radius 3 is 2.36 bits per heavy atom. The van der Waals surface area contributed by atoms with Crippen LogP contribution in [0, 0.1) is 5.41 Å². The Hall–Kier alpha value is -0.120. The number of rotatable bonds is 6. The molecule has 0 atom stereocenters. The fraction of sp³-hybridized carbons (Fsp3) is 1.00. The Bertz CT molecular complexity index is 91.3. The van der Waals surface area contributed by atoms with E-state index in [2.05, 4.69) is 0 Å². The molecule has 11 heavy (non-hydrogen) atoms. The molecule has 0 saturated carbocycles. The fourth-order valence-corrected chi connectivity index (χ4v) is 0.506. The van der Waals surface area contributed by atoms with Gasteiger partial charge in [-0.2, -0.15) is 0 Å². The maximum absolute atomic E-state index is 8.83. The Morgan fingerprint density at radius 1 is 1.27 bits per heavy atom. The van der Waals surface area contributed by atoms with Crippen molar-refractivity contribution >= 4 is 0 Å². The lowest BCUT2D eigenvalue weighted by Gasteiger charge is -2.20. The van der Waals surface area contributed by atoms with Gasteiger partial charge in [-0.1, -0.05) is 13.8 Å². The first kappa shape index (κ1) is 10.9. The molecular formula is C8H18O3. The molecule has 0 amide bonds. The first-order valence-corrected chi connectivity index (χ1v) is 3.89. The summed E-state index contributed by atoms with van der Waals surface area (Å²) in [6.45, 7) is 7.46. The summed E-state index contributed by atoms with van der Waals surface area (Å²) in [4.78, 5) is 0. The molecule has 0 aromatic carbocycles. The van der Waals surface area contributed by atoms with E-state index in [0.717, 1.165) is 0 Å². The zero-order chi connectivity index (χ0) is 8.74. The summed E-state index contributed by atoms with van der Waals surface area (Å²) >= 11 is 0. The molecule has 0 unspecified atom stereocenters. The number of aliphatic hydroxyl groups is 1. The van der Waals surface area contributed by atoms with Crippen LogP contribution in [0.1, 0.15) is 20.8 Å².